The Kier molecular flexibility index (Phi) is 4.50. The molecule has 0 spiro atoms. The predicted molar refractivity (Wildman–Crippen MR) is 84.5 cm³/mol. The van der Waals surface area contributed by atoms with Crippen LogP contribution in [0.5, 0.6) is 0 Å². The third-order valence-electron chi connectivity index (χ3n) is 2.34. The number of nitrogens with zero attached hydrogens (tertiary/aromatic N) is 2. The first-order valence-electron chi connectivity index (χ1n) is 5.10. The van der Waals surface area contributed by atoms with Crippen molar-refractivity contribution in [3.63, 3.8) is 0 Å². The van der Waals surface area contributed by atoms with E-state index in [0.717, 1.165) is 3.57 Å². The van der Waals surface area contributed by atoms with Crippen LogP contribution in [0, 0.1) is 14.9 Å². The lowest BCUT2D eigenvalue weighted by atomic mass is 10.1. The van der Waals surface area contributed by atoms with Crippen molar-refractivity contribution in [2.75, 3.05) is 6.26 Å². The number of rotatable bonds is 2. The molecular weight excluding hydrogens is 397 g/mol. The maximum absolute atomic E-state index is 11.8. The number of H-pyrrole nitrogens is 1. The maximum atomic E-state index is 11.8. The van der Waals surface area contributed by atoms with Crippen molar-refractivity contribution in [3.8, 4) is 17.3 Å². The van der Waals surface area contributed by atoms with E-state index in [1.165, 1.54) is 11.8 Å². The van der Waals surface area contributed by atoms with Crippen molar-refractivity contribution in [2.45, 2.75) is 5.16 Å². The summed E-state index contributed by atoms with van der Waals surface area (Å²) in [5, 5.41) is 10.1. The van der Waals surface area contributed by atoms with Crippen molar-refractivity contribution in [1.82, 2.24) is 9.97 Å². The van der Waals surface area contributed by atoms with Crippen LogP contribution in [0.2, 0.25) is 5.02 Å². The molecule has 0 bridgehead atoms. The third kappa shape index (κ3) is 3.11. The van der Waals surface area contributed by atoms with Crippen LogP contribution in [0.3, 0.4) is 0 Å². The van der Waals surface area contributed by atoms with Crippen LogP contribution < -0.4 is 5.56 Å². The first-order valence-corrected chi connectivity index (χ1v) is 7.78. The van der Waals surface area contributed by atoms with E-state index in [4.69, 9.17) is 16.9 Å². The lowest BCUT2D eigenvalue weighted by Crippen LogP contribution is -2.14. The zero-order chi connectivity index (χ0) is 14.0. The molecule has 0 aliphatic rings. The summed E-state index contributed by atoms with van der Waals surface area (Å²) in [6.07, 6.45) is 1.80. The summed E-state index contributed by atoms with van der Waals surface area (Å²) in [5.74, 6) is 0. The van der Waals surface area contributed by atoms with E-state index in [1.54, 1.807) is 18.4 Å². The van der Waals surface area contributed by atoms with Crippen LogP contribution in [-0.2, 0) is 0 Å². The van der Waals surface area contributed by atoms with Gasteiger partial charge in [-0.05, 0) is 47.0 Å². The van der Waals surface area contributed by atoms with E-state index >= 15 is 0 Å². The first-order chi connectivity index (χ1) is 9.05. The van der Waals surface area contributed by atoms with Gasteiger partial charge in [-0.1, -0.05) is 23.4 Å². The Hall–Kier alpha value is -1.04. The fraction of sp³-hybridized carbons (Fsp3) is 0.0833. The Morgan fingerprint density at radius 1 is 1.47 bits per heavy atom. The highest BCUT2D eigenvalue weighted by Crippen LogP contribution is 2.26. The van der Waals surface area contributed by atoms with E-state index < -0.39 is 5.56 Å². The lowest BCUT2D eigenvalue weighted by molar-refractivity contribution is 0.937. The molecule has 0 radical (unpaired) electrons. The minimum absolute atomic E-state index is 0.00383. The number of benzene rings is 1. The second kappa shape index (κ2) is 5.94. The van der Waals surface area contributed by atoms with E-state index in [-0.39, 0.29) is 5.56 Å². The Balaban J connectivity index is 2.77. The highest BCUT2D eigenvalue weighted by Gasteiger charge is 2.14. The van der Waals surface area contributed by atoms with Crippen molar-refractivity contribution >= 4 is 46.0 Å². The van der Waals surface area contributed by atoms with Gasteiger partial charge in [0.05, 0.1) is 5.69 Å². The van der Waals surface area contributed by atoms with E-state index in [0.29, 0.717) is 21.4 Å². The van der Waals surface area contributed by atoms with Crippen LogP contribution in [-0.4, -0.2) is 16.2 Å². The molecule has 0 aliphatic heterocycles. The van der Waals surface area contributed by atoms with Gasteiger partial charge in [-0.3, -0.25) is 4.79 Å². The van der Waals surface area contributed by atoms with Crippen molar-refractivity contribution in [2.24, 2.45) is 0 Å². The fourth-order valence-corrected chi connectivity index (χ4v) is 3.02. The summed E-state index contributed by atoms with van der Waals surface area (Å²) >= 11 is 9.43. The minimum Gasteiger partial charge on any atom is -0.300 e. The number of thioether (sulfide) groups is 1. The fourth-order valence-electron chi connectivity index (χ4n) is 1.55. The summed E-state index contributed by atoms with van der Waals surface area (Å²) < 4.78 is 0.914. The van der Waals surface area contributed by atoms with Gasteiger partial charge in [0.2, 0.25) is 0 Å². The number of nitriles is 1. The number of aromatic nitrogens is 2. The Morgan fingerprint density at radius 2 is 2.21 bits per heavy atom. The number of hydrogen-bond acceptors (Lipinski definition) is 4. The van der Waals surface area contributed by atoms with Gasteiger partial charge in [0.15, 0.2) is 5.16 Å². The quantitative estimate of drug-likeness (QED) is 0.475. The van der Waals surface area contributed by atoms with Crippen molar-refractivity contribution < 1.29 is 0 Å². The first kappa shape index (κ1) is 14.4. The molecule has 0 atom stereocenters. The lowest BCUT2D eigenvalue weighted by Gasteiger charge is -2.06. The SMILES string of the molecule is CSc1nc(-c2cc(Cl)cc(I)c2)c(C#N)c(=O)[nH]1. The van der Waals surface area contributed by atoms with Crippen LogP contribution in [0.1, 0.15) is 5.56 Å². The molecule has 1 heterocycles. The zero-order valence-electron chi connectivity index (χ0n) is 9.70. The summed E-state index contributed by atoms with van der Waals surface area (Å²) in [6, 6.07) is 7.21. The van der Waals surface area contributed by atoms with Gasteiger partial charge in [-0.2, -0.15) is 5.26 Å². The topological polar surface area (TPSA) is 69.5 Å². The summed E-state index contributed by atoms with van der Waals surface area (Å²) in [5.41, 5.74) is 0.577. The molecule has 2 rings (SSSR count). The van der Waals surface area contributed by atoms with E-state index in [9.17, 15) is 4.79 Å². The molecule has 19 heavy (non-hydrogen) atoms. The van der Waals surface area contributed by atoms with E-state index in [2.05, 4.69) is 32.6 Å². The zero-order valence-corrected chi connectivity index (χ0v) is 13.4. The standard InChI is InChI=1S/C12H7ClIN3OS/c1-19-12-16-10(9(5-15)11(18)17-12)6-2-7(13)4-8(14)3-6/h2-4H,1H3,(H,16,17,18). The largest absolute Gasteiger partial charge is 0.300 e. The van der Waals surface area contributed by atoms with E-state index in [1.807, 2.05) is 12.1 Å². The third-order valence-corrected chi connectivity index (χ3v) is 3.76. The molecule has 1 N–H and O–H groups in total. The second-order valence-corrected chi connectivity index (χ2v) is 6.05. The molecule has 0 saturated heterocycles. The number of hydrogen-bond donors (Lipinski definition) is 1. The van der Waals surface area contributed by atoms with Gasteiger partial charge in [-0.15, -0.1) is 0 Å². The Labute approximate surface area is 132 Å². The summed E-state index contributed by atoms with van der Waals surface area (Å²) in [6.45, 7) is 0. The molecule has 1 aromatic heterocycles. The van der Waals surface area contributed by atoms with Crippen LogP contribution >= 0.6 is 46.0 Å². The second-order valence-electron chi connectivity index (χ2n) is 3.57. The normalized spacial score (nSPS) is 10.2. The molecule has 0 saturated carbocycles. The molecular formula is C12H7ClIN3OS. The molecule has 0 unspecified atom stereocenters. The summed E-state index contributed by atoms with van der Waals surface area (Å²) in [7, 11) is 0. The van der Waals surface area contributed by atoms with Crippen molar-refractivity contribution in [1.29, 1.82) is 5.26 Å². The van der Waals surface area contributed by atoms with Crippen LogP contribution in [0.15, 0.2) is 28.2 Å². The molecule has 4 nitrogen and oxygen atoms in total. The average Bonchev–Trinajstić information content (AvgIpc) is 2.36. The number of aromatic amines is 1. The Morgan fingerprint density at radius 3 is 2.79 bits per heavy atom. The van der Waals surface area contributed by atoms with Gasteiger partial charge in [0, 0.05) is 14.2 Å². The average molecular weight is 404 g/mol. The van der Waals surface area contributed by atoms with Gasteiger partial charge in [0.1, 0.15) is 11.6 Å². The summed E-state index contributed by atoms with van der Waals surface area (Å²) in [4.78, 5) is 18.7. The maximum Gasteiger partial charge on any atom is 0.270 e. The van der Waals surface area contributed by atoms with Gasteiger partial charge in [-0.25, -0.2) is 4.98 Å². The van der Waals surface area contributed by atoms with Crippen LogP contribution in [0.25, 0.3) is 11.3 Å². The molecule has 0 aliphatic carbocycles. The molecule has 1 aromatic carbocycles. The predicted octanol–water partition coefficient (Wildman–Crippen LogP) is 3.29. The monoisotopic (exact) mass is 403 g/mol. The van der Waals surface area contributed by atoms with Gasteiger partial charge < -0.3 is 4.98 Å². The minimum atomic E-state index is -0.438. The van der Waals surface area contributed by atoms with Gasteiger partial charge in [0.25, 0.3) is 5.56 Å². The molecule has 7 heteroatoms. The van der Waals surface area contributed by atoms with Crippen LogP contribution in [0.4, 0.5) is 0 Å². The molecule has 0 fully saturated rings. The van der Waals surface area contributed by atoms with Crippen molar-refractivity contribution in [3.05, 3.63) is 42.7 Å². The van der Waals surface area contributed by atoms with Gasteiger partial charge >= 0.3 is 0 Å². The smallest absolute Gasteiger partial charge is 0.270 e. The number of nitrogens with one attached hydrogen (secondary N) is 1. The number of halogens is 2. The molecule has 2 aromatic rings. The Bertz CT molecular complexity index is 718. The molecule has 96 valence electrons. The highest BCUT2D eigenvalue weighted by atomic mass is 127. The highest BCUT2D eigenvalue weighted by molar-refractivity contribution is 14.1. The molecule has 0 amide bonds.